The SMILES string of the molecule is Cc1nc(C)c(C(=O)N[C@@H]2CCN(Cc3cscn3)C[C@H]2O)s1. The van der Waals surface area contributed by atoms with Gasteiger partial charge in [-0.25, -0.2) is 9.97 Å². The number of aliphatic hydroxyl groups is 1. The molecule has 3 heterocycles. The van der Waals surface area contributed by atoms with Crippen molar-refractivity contribution in [1.82, 2.24) is 20.2 Å². The third kappa shape index (κ3) is 3.95. The summed E-state index contributed by atoms with van der Waals surface area (Å²) in [5.74, 6) is -0.134. The lowest BCUT2D eigenvalue weighted by Crippen LogP contribution is -2.53. The Labute approximate surface area is 143 Å². The molecule has 0 spiro atoms. The molecule has 1 aliphatic rings. The molecule has 0 radical (unpaired) electrons. The molecule has 1 amide bonds. The standard InChI is InChI=1S/C15H20N4O2S2/c1-9-14(23-10(2)17-9)15(21)18-12-3-4-19(6-13(12)20)5-11-7-22-8-16-11/h7-8,12-13,20H,3-6H2,1-2H3,(H,18,21)/t12-,13-/m1/s1. The number of piperidine rings is 1. The van der Waals surface area contributed by atoms with Gasteiger partial charge in [0.05, 0.1) is 34.1 Å². The fourth-order valence-corrected chi connectivity index (χ4v) is 4.20. The first-order valence-corrected chi connectivity index (χ1v) is 9.31. The van der Waals surface area contributed by atoms with Gasteiger partial charge in [-0.1, -0.05) is 0 Å². The van der Waals surface area contributed by atoms with Crippen molar-refractivity contribution in [3.05, 3.63) is 32.2 Å². The Bertz CT molecular complexity index is 671. The molecule has 124 valence electrons. The molecule has 2 aromatic heterocycles. The van der Waals surface area contributed by atoms with Gasteiger partial charge in [-0.15, -0.1) is 22.7 Å². The minimum atomic E-state index is -0.569. The number of rotatable bonds is 4. The molecule has 1 aliphatic heterocycles. The highest BCUT2D eigenvalue weighted by Gasteiger charge is 2.30. The number of hydrogen-bond donors (Lipinski definition) is 2. The van der Waals surface area contributed by atoms with Gasteiger partial charge in [-0.05, 0) is 20.3 Å². The van der Waals surface area contributed by atoms with Crippen LogP contribution >= 0.6 is 22.7 Å². The summed E-state index contributed by atoms with van der Waals surface area (Å²) in [6.07, 6.45) is 0.161. The van der Waals surface area contributed by atoms with Crippen LogP contribution in [0.25, 0.3) is 0 Å². The quantitative estimate of drug-likeness (QED) is 0.873. The number of aromatic nitrogens is 2. The molecule has 3 rings (SSSR count). The predicted molar refractivity (Wildman–Crippen MR) is 90.9 cm³/mol. The van der Waals surface area contributed by atoms with Crippen LogP contribution in [-0.2, 0) is 6.54 Å². The highest BCUT2D eigenvalue weighted by atomic mass is 32.1. The van der Waals surface area contributed by atoms with Crippen LogP contribution in [0.15, 0.2) is 10.9 Å². The molecule has 0 bridgehead atoms. The van der Waals surface area contributed by atoms with E-state index in [9.17, 15) is 9.90 Å². The maximum Gasteiger partial charge on any atom is 0.263 e. The van der Waals surface area contributed by atoms with Crippen molar-refractivity contribution in [3.8, 4) is 0 Å². The van der Waals surface area contributed by atoms with E-state index < -0.39 is 6.10 Å². The van der Waals surface area contributed by atoms with Crippen molar-refractivity contribution in [3.63, 3.8) is 0 Å². The molecule has 0 aliphatic carbocycles. The van der Waals surface area contributed by atoms with Gasteiger partial charge in [0.2, 0.25) is 0 Å². The molecule has 0 unspecified atom stereocenters. The van der Waals surface area contributed by atoms with Crippen molar-refractivity contribution in [2.75, 3.05) is 13.1 Å². The summed E-state index contributed by atoms with van der Waals surface area (Å²) >= 11 is 2.97. The molecule has 8 heteroatoms. The summed E-state index contributed by atoms with van der Waals surface area (Å²) in [6.45, 7) is 5.85. The second-order valence-corrected chi connectivity index (χ2v) is 7.72. The maximum absolute atomic E-state index is 12.4. The molecule has 2 N–H and O–H groups in total. The minimum absolute atomic E-state index is 0.134. The Morgan fingerprint density at radius 2 is 2.35 bits per heavy atom. The van der Waals surface area contributed by atoms with Crippen molar-refractivity contribution in [2.24, 2.45) is 0 Å². The van der Waals surface area contributed by atoms with E-state index in [0.29, 0.717) is 11.4 Å². The topological polar surface area (TPSA) is 78.4 Å². The fraction of sp³-hybridized carbons (Fsp3) is 0.533. The summed E-state index contributed by atoms with van der Waals surface area (Å²) < 4.78 is 0. The van der Waals surface area contributed by atoms with Crippen LogP contribution in [0.5, 0.6) is 0 Å². The summed E-state index contributed by atoms with van der Waals surface area (Å²) in [4.78, 5) is 23.7. The monoisotopic (exact) mass is 352 g/mol. The number of carbonyl (C=O) groups is 1. The number of β-amino-alcohol motifs (C(OH)–C–C–N with tert-alkyl or cyclic N) is 1. The zero-order chi connectivity index (χ0) is 16.4. The minimum Gasteiger partial charge on any atom is -0.390 e. The Morgan fingerprint density at radius 1 is 1.52 bits per heavy atom. The lowest BCUT2D eigenvalue weighted by atomic mass is 10.0. The number of aliphatic hydroxyl groups excluding tert-OH is 1. The third-order valence-corrected chi connectivity index (χ3v) is 5.67. The van der Waals surface area contributed by atoms with Gasteiger partial charge >= 0.3 is 0 Å². The second kappa shape index (κ2) is 7.04. The lowest BCUT2D eigenvalue weighted by molar-refractivity contribution is 0.0346. The van der Waals surface area contributed by atoms with Gasteiger partial charge in [0.1, 0.15) is 4.88 Å². The normalized spacial score (nSPS) is 22.2. The van der Waals surface area contributed by atoms with E-state index in [1.54, 1.807) is 11.3 Å². The average molecular weight is 352 g/mol. The van der Waals surface area contributed by atoms with E-state index >= 15 is 0 Å². The first-order chi connectivity index (χ1) is 11.0. The van der Waals surface area contributed by atoms with Gasteiger partial charge in [0, 0.05) is 25.0 Å². The largest absolute Gasteiger partial charge is 0.390 e. The number of nitrogens with one attached hydrogen (secondary N) is 1. The van der Waals surface area contributed by atoms with E-state index in [1.165, 1.54) is 11.3 Å². The first-order valence-electron chi connectivity index (χ1n) is 7.55. The number of aryl methyl sites for hydroxylation is 2. The third-order valence-electron chi connectivity index (χ3n) is 3.96. The van der Waals surface area contributed by atoms with Crippen LogP contribution in [0.4, 0.5) is 0 Å². The van der Waals surface area contributed by atoms with Gasteiger partial charge in [0.25, 0.3) is 5.91 Å². The summed E-state index contributed by atoms with van der Waals surface area (Å²) in [7, 11) is 0. The number of carbonyl (C=O) groups excluding carboxylic acids is 1. The van der Waals surface area contributed by atoms with Crippen LogP contribution in [0.3, 0.4) is 0 Å². The van der Waals surface area contributed by atoms with Gasteiger partial charge in [-0.3, -0.25) is 9.69 Å². The Hall–Kier alpha value is -1.35. The van der Waals surface area contributed by atoms with E-state index in [2.05, 4.69) is 20.2 Å². The lowest BCUT2D eigenvalue weighted by Gasteiger charge is -2.35. The highest BCUT2D eigenvalue weighted by molar-refractivity contribution is 7.13. The van der Waals surface area contributed by atoms with E-state index in [-0.39, 0.29) is 11.9 Å². The average Bonchev–Trinajstić information content (AvgIpc) is 3.11. The number of amides is 1. The molecular formula is C15H20N4O2S2. The molecule has 1 saturated heterocycles. The maximum atomic E-state index is 12.4. The van der Waals surface area contributed by atoms with Crippen LogP contribution in [0.2, 0.25) is 0 Å². The van der Waals surface area contributed by atoms with Gasteiger partial charge < -0.3 is 10.4 Å². The molecule has 0 saturated carbocycles. The molecule has 2 aromatic rings. The number of hydrogen-bond acceptors (Lipinski definition) is 7. The summed E-state index contributed by atoms with van der Waals surface area (Å²) in [5, 5.41) is 16.2. The van der Waals surface area contributed by atoms with Crippen molar-refractivity contribution in [2.45, 2.75) is 39.0 Å². The summed E-state index contributed by atoms with van der Waals surface area (Å²) in [6, 6.07) is -0.212. The van der Waals surface area contributed by atoms with E-state index in [0.717, 1.165) is 35.9 Å². The van der Waals surface area contributed by atoms with Crippen LogP contribution < -0.4 is 5.32 Å². The molecular weight excluding hydrogens is 332 g/mol. The Morgan fingerprint density at radius 3 is 2.96 bits per heavy atom. The van der Waals surface area contributed by atoms with E-state index in [4.69, 9.17) is 0 Å². The fourth-order valence-electron chi connectivity index (χ4n) is 2.83. The molecule has 23 heavy (non-hydrogen) atoms. The van der Waals surface area contributed by atoms with Crippen LogP contribution in [-0.4, -0.2) is 51.1 Å². The Balaban J connectivity index is 1.56. The highest BCUT2D eigenvalue weighted by Crippen LogP contribution is 2.19. The zero-order valence-electron chi connectivity index (χ0n) is 13.2. The second-order valence-electron chi connectivity index (χ2n) is 5.80. The zero-order valence-corrected chi connectivity index (χ0v) is 14.8. The Kier molecular flexibility index (Phi) is 5.05. The molecule has 0 aromatic carbocycles. The van der Waals surface area contributed by atoms with Crippen molar-refractivity contribution < 1.29 is 9.90 Å². The predicted octanol–water partition coefficient (Wildman–Crippen LogP) is 1.58. The number of thiazole rings is 2. The molecule has 6 nitrogen and oxygen atoms in total. The number of nitrogens with zero attached hydrogens (tertiary/aromatic N) is 3. The van der Waals surface area contributed by atoms with Gasteiger partial charge in [0.15, 0.2) is 0 Å². The van der Waals surface area contributed by atoms with E-state index in [1.807, 2.05) is 24.7 Å². The molecule has 1 fully saturated rings. The first kappa shape index (κ1) is 16.5. The molecule has 2 atom stereocenters. The van der Waals surface area contributed by atoms with Gasteiger partial charge in [-0.2, -0.15) is 0 Å². The van der Waals surface area contributed by atoms with Crippen LogP contribution in [0.1, 0.15) is 32.5 Å². The smallest absolute Gasteiger partial charge is 0.263 e. The summed E-state index contributed by atoms with van der Waals surface area (Å²) in [5.41, 5.74) is 3.60. The van der Waals surface area contributed by atoms with Crippen molar-refractivity contribution >= 4 is 28.6 Å². The van der Waals surface area contributed by atoms with Crippen LogP contribution in [0, 0.1) is 13.8 Å². The van der Waals surface area contributed by atoms with Crippen molar-refractivity contribution in [1.29, 1.82) is 0 Å². The number of likely N-dealkylation sites (tertiary alicyclic amines) is 1.